The van der Waals surface area contributed by atoms with Gasteiger partial charge in [-0.1, -0.05) is 18.2 Å². The minimum atomic E-state index is -0.424. The summed E-state index contributed by atoms with van der Waals surface area (Å²) in [4.78, 5) is 12.0. The molecule has 18 heavy (non-hydrogen) atoms. The molecule has 0 spiro atoms. The second-order valence-electron chi connectivity index (χ2n) is 4.40. The van der Waals surface area contributed by atoms with Crippen molar-refractivity contribution in [2.75, 3.05) is 13.2 Å². The first-order chi connectivity index (χ1) is 8.74. The Hall–Kier alpha value is -1.65. The maximum Gasteiger partial charge on any atom is 0.203 e. The highest BCUT2D eigenvalue weighted by Crippen LogP contribution is 2.24. The van der Waals surface area contributed by atoms with Crippen LogP contribution in [0, 0.1) is 6.92 Å². The minimum absolute atomic E-state index is 0.0856. The number of hydrogen-bond acceptors (Lipinski definition) is 4. The number of rotatable bonds is 3. The van der Waals surface area contributed by atoms with Crippen LogP contribution in [0.4, 0.5) is 0 Å². The van der Waals surface area contributed by atoms with E-state index in [9.17, 15) is 4.79 Å². The summed E-state index contributed by atoms with van der Waals surface area (Å²) in [7, 11) is 0. The van der Waals surface area contributed by atoms with Crippen LogP contribution in [0.2, 0.25) is 0 Å². The van der Waals surface area contributed by atoms with E-state index in [2.05, 4.69) is 0 Å². The van der Waals surface area contributed by atoms with Gasteiger partial charge < -0.3 is 13.9 Å². The van der Waals surface area contributed by atoms with Gasteiger partial charge in [0.25, 0.3) is 0 Å². The van der Waals surface area contributed by atoms with Crippen molar-refractivity contribution in [1.82, 2.24) is 0 Å². The fourth-order valence-electron chi connectivity index (χ4n) is 2.12. The Labute approximate surface area is 104 Å². The fourth-order valence-corrected chi connectivity index (χ4v) is 2.12. The SMILES string of the molecule is Cc1cccc2cc(C(=O)CC3OCCO3)oc12. The van der Waals surface area contributed by atoms with E-state index in [0.717, 1.165) is 16.5 Å². The van der Waals surface area contributed by atoms with Crippen LogP contribution in [0.1, 0.15) is 22.5 Å². The van der Waals surface area contributed by atoms with Gasteiger partial charge in [-0.25, -0.2) is 0 Å². The monoisotopic (exact) mass is 246 g/mol. The van der Waals surface area contributed by atoms with Crippen LogP contribution in [0.25, 0.3) is 11.0 Å². The lowest BCUT2D eigenvalue weighted by Crippen LogP contribution is -2.13. The van der Waals surface area contributed by atoms with Gasteiger partial charge in [-0.2, -0.15) is 0 Å². The Kier molecular flexibility index (Phi) is 2.89. The fraction of sp³-hybridized carbons (Fsp3) is 0.357. The normalized spacial score (nSPS) is 16.5. The Balaban J connectivity index is 1.85. The third-order valence-electron chi connectivity index (χ3n) is 3.06. The van der Waals surface area contributed by atoms with Gasteiger partial charge >= 0.3 is 0 Å². The van der Waals surface area contributed by atoms with E-state index in [1.54, 1.807) is 6.07 Å². The first-order valence-corrected chi connectivity index (χ1v) is 5.99. The zero-order valence-electron chi connectivity index (χ0n) is 10.1. The molecule has 0 N–H and O–H groups in total. The number of ketones is 1. The molecule has 94 valence electrons. The topological polar surface area (TPSA) is 48.7 Å². The number of ether oxygens (including phenoxy) is 2. The van der Waals surface area contributed by atoms with Crippen molar-refractivity contribution in [3.63, 3.8) is 0 Å². The van der Waals surface area contributed by atoms with Gasteiger partial charge in [0.05, 0.1) is 19.6 Å². The quantitative estimate of drug-likeness (QED) is 0.781. The van der Waals surface area contributed by atoms with Gasteiger partial charge in [0.2, 0.25) is 5.78 Å². The van der Waals surface area contributed by atoms with E-state index < -0.39 is 6.29 Å². The average molecular weight is 246 g/mol. The van der Waals surface area contributed by atoms with Crippen LogP contribution >= 0.6 is 0 Å². The highest BCUT2D eigenvalue weighted by Gasteiger charge is 2.22. The van der Waals surface area contributed by atoms with E-state index >= 15 is 0 Å². The first kappa shape index (κ1) is 11.4. The molecule has 0 unspecified atom stereocenters. The summed E-state index contributed by atoms with van der Waals surface area (Å²) in [6.07, 6.45) is -0.217. The highest BCUT2D eigenvalue weighted by molar-refractivity contribution is 5.98. The van der Waals surface area contributed by atoms with E-state index in [-0.39, 0.29) is 12.2 Å². The average Bonchev–Trinajstić information content (AvgIpc) is 2.97. The molecule has 3 rings (SSSR count). The Morgan fingerprint density at radius 3 is 2.83 bits per heavy atom. The number of fused-ring (bicyclic) bond motifs is 1. The van der Waals surface area contributed by atoms with Gasteiger partial charge in [-0.3, -0.25) is 4.79 Å². The molecule has 2 heterocycles. The molecular formula is C14H14O4. The van der Waals surface area contributed by atoms with E-state index in [1.165, 1.54) is 0 Å². The van der Waals surface area contributed by atoms with Crippen molar-refractivity contribution in [3.8, 4) is 0 Å². The van der Waals surface area contributed by atoms with Gasteiger partial charge in [0.1, 0.15) is 5.58 Å². The molecule has 0 aliphatic carbocycles. The molecule has 0 bridgehead atoms. The van der Waals surface area contributed by atoms with Crippen molar-refractivity contribution >= 4 is 16.8 Å². The number of carbonyl (C=O) groups is 1. The van der Waals surface area contributed by atoms with Crippen molar-refractivity contribution < 1.29 is 18.7 Å². The van der Waals surface area contributed by atoms with Crippen LogP contribution in [0.15, 0.2) is 28.7 Å². The predicted molar refractivity (Wildman–Crippen MR) is 65.6 cm³/mol. The second-order valence-corrected chi connectivity index (χ2v) is 4.40. The molecule has 4 nitrogen and oxygen atoms in total. The summed E-state index contributed by atoms with van der Waals surface area (Å²) >= 11 is 0. The number of benzene rings is 1. The van der Waals surface area contributed by atoms with Crippen LogP contribution < -0.4 is 0 Å². The van der Waals surface area contributed by atoms with E-state index in [1.807, 2.05) is 25.1 Å². The van der Waals surface area contributed by atoms with Crippen molar-refractivity contribution in [1.29, 1.82) is 0 Å². The summed E-state index contributed by atoms with van der Waals surface area (Å²) < 4.78 is 16.1. The molecular weight excluding hydrogens is 232 g/mol. The summed E-state index contributed by atoms with van der Waals surface area (Å²) in [5.74, 6) is 0.288. The number of aryl methyl sites for hydroxylation is 1. The number of hydrogen-bond donors (Lipinski definition) is 0. The largest absolute Gasteiger partial charge is 0.453 e. The summed E-state index contributed by atoms with van der Waals surface area (Å²) in [5, 5.41) is 0.951. The van der Waals surface area contributed by atoms with E-state index in [0.29, 0.717) is 19.0 Å². The predicted octanol–water partition coefficient (Wildman–Crippen LogP) is 2.69. The summed E-state index contributed by atoms with van der Waals surface area (Å²) in [6, 6.07) is 7.62. The summed E-state index contributed by atoms with van der Waals surface area (Å²) in [5.41, 5.74) is 1.80. The third kappa shape index (κ3) is 2.05. The van der Waals surface area contributed by atoms with Crippen LogP contribution in [0.5, 0.6) is 0 Å². The number of furan rings is 1. The maximum atomic E-state index is 12.0. The van der Waals surface area contributed by atoms with E-state index in [4.69, 9.17) is 13.9 Å². The van der Waals surface area contributed by atoms with Crippen molar-refractivity contribution in [2.24, 2.45) is 0 Å². The van der Waals surface area contributed by atoms with Crippen LogP contribution in [0.3, 0.4) is 0 Å². The lowest BCUT2D eigenvalue weighted by molar-refractivity contribution is -0.0411. The lowest BCUT2D eigenvalue weighted by atomic mass is 10.1. The zero-order chi connectivity index (χ0) is 12.5. The maximum absolute atomic E-state index is 12.0. The second kappa shape index (κ2) is 4.55. The number of para-hydroxylation sites is 1. The molecule has 0 amide bonds. The van der Waals surface area contributed by atoms with Crippen molar-refractivity contribution in [2.45, 2.75) is 19.6 Å². The smallest absolute Gasteiger partial charge is 0.203 e. The Morgan fingerprint density at radius 1 is 1.33 bits per heavy atom. The molecule has 1 fully saturated rings. The molecule has 1 saturated heterocycles. The Morgan fingerprint density at radius 2 is 2.11 bits per heavy atom. The zero-order valence-corrected chi connectivity index (χ0v) is 10.1. The molecule has 0 radical (unpaired) electrons. The van der Waals surface area contributed by atoms with Gasteiger partial charge in [-0.05, 0) is 18.6 Å². The van der Waals surface area contributed by atoms with Crippen LogP contribution in [-0.4, -0.2) is 25.3 Å². The Bertz CT molecular complexity index is 578. The van der Waals surface area contributed by atoms with Gasteiger partial charge in [-0.15, -0.1) is 0 Å². The summed E-state index contributed by atoms with van der Waals surface area (Å²) in [6.45, 7) is 3.07. The molecule has 1 aliphatic rings. The molecule has 4 heteroatoms. The molecule has 1 aromatic heterocycles. The minimum Gasteiger partial charge on any atom is -0.453 e. The molecule has 0 atom stereocenters. The molecule has 0 saturated carbocycles. The third-order valence-corrected chi connectivity index (χ3v) is 3.06. The standard InChI is InChI=1S/C14H14O4/c1-9-3-2-4-10-7-12(18-14(9)10)11(15)8-13-16-5-6-17-13/h2-4,7,13H,5-6,8H2,1H3. The first-order valence-electron chi connectivity index (χ1n) is 5.99. The molecule has 2 aromatic rings. The van der Waals surface area contributed by atoms with Gasteiger partial charge in [0.15, 0.2) is 12.1 Å². The molecule has 1 aliphatic heterocycles. The molecule has 1 aromatic carbocycles. The number of Topliss-reactive ketones (excluding diaryl/α,β-unsaturated/α-hetero) is 1. The van der Waals surface area contributed by atoms with Crippen molar-refractivity contribution in [3.05, 3.63) is 35.6 Å². The number of carbonyl (C=O) groups excluding carboxylic acids is 1. The van der Waals surface area contributed by atoms with Gasteiger partial charge in [0, 0.05) is 5.39 Å². The lowest BCUT2D eigenvalue weighted by Gasteiger charge is -2.05. The van der Waals surface area contributed by atoms with Crippen LogP contribution in [-0.2, 0) is 9.47 Å². The highest BCUT2D eigenvalue weighted by atomic mass is 16.7.